The highest BCUT2D eigenvalue weighted by atomic mass is 35.5. The standard InChI is InChI=1S/C22H26ClN5O6/c1-11-4-13(23)7-16(20(11)33)17(9-19(31)32)28-18(30)10-26-21(34)12-5-14(8-15(29)6-12)27-22-24-2-3-25-22/h4-8,17,22,24-25,27,29,33H,2-3,9-10H2,1H3,(H,26,34)(H,28,30)(H,31,32). The van der Waals surface area contributed by atoms with Crippen molar-refractivity contribution in [1.82, 2.24) is 21.3 Å². The average molecular weight is 492 g/mol. The van der Waals surface area contributed by atoms with Crippen LogP contribution in [-0.2, 0) is 9.59 Å². The van der Waals surface area contributed by atoms with Gasteiger partial charge in [0, 0.05) is 41.0 Å². The fraction of sp³-hybridized carbons (Fsp3) is 0.318. The van der Waals surface area contributed by atoms with Gasteiger partial charge in [0.15, 0.2) is 0 Å². The van der Waals surface area contributed by atoms with Crippen molar-refractivity contribution in [1.29, 1.82) is 0 Å². The first-order valence-corrected chi connectivity index (χ1v) is 10.9. The molecule has 34 heavy (non-hydrogen) atoms. The molecule has 8 N–H and O–H groups in total. The second kappa shape index (κ2) is 11.1. The first-order chi connectivity index (χ1) is 16.1. The zero-order valence-electron chi connectivity index (χ0n) is 18.3. The number of benzene rings is 2. The first kappa shape index (κ1) is 25.1. The van der Waals surface area contributed by atoms with Crippen LogP contribution in [-0.4, -0.2) is 59.0 Å². The molecular formula is C22H26ClN5O6. The van der Waals surface area contributed by atoms with Gasteiger partial charge in [0.2, 0.25) is 5.91 Å². The van der Waals surface area contributed by atoms with E-state index in [9.17, 15) is 29.7 Å². The lowest BCUT2D eigenvalue weighted by molar-refractivity contribution is -0.137. The molecule has 2 aromatic rings. The smallest absolute Gasteiger partial charge is 0.305 e. The summed E-state index contributed by atoms with van der Waals surface area (Å²) < 4.78 is 0. The number of carboxylic acids is 1. The molecule has 0 radical (unpaired) electrons. The van der Waals surface area contributed by atoms with Gasteiger partial charge in [-0.25, -0.2) is 0 Å². The molecular weight excluding hydrogens is 466 g/mol. The summed E-state index contributed by atoms with van der Waals surface area (Å²) in [7, 11) is 0. The summed E-state index contributed by atoms with van der Waals surface area (Å²) in [4.78, 5) is 36.3. The second-order valence-corrected chi connectivity index (χ2v) is 8.25. The van der Waals surface area contributed by atoms with Gasteiger partial charge in [-0.3, -0.25) is 25.0 Å². The van der Waals surface area contributed by atoms with Crippen LogP contribution in [0.4, 0.5) is 5.69 Å². The number of aryl methyl sites for hydroxylation is 1. The molecule has 1 aliphatic rings. The van der Waals surface area contributed by atoms with Crippen LogP contribution in [0.5, 0.6) is 11.5 Å². The van der Waals surface area contributed by atoms with Gasteiger partial charge in [-0.1, -0.05) is 11.6 Å². The van der Waals surface area contributed by atoms with Gasteiger partial charge >= 0.3 is 5.97 Å². The number of phenols is 2. The molecule has 12 heteroatoms. The Morgan fingerprint density at radius 3 is 2.50 bits per heavy atom. The summed E-state index contributed by atoms with van der Waals surface area (Å²) in [6.07, 6.45) is -0.709. The summed E-state index contributed by atoms with van der Waals surface area (Å²) in [5.41, 5.74) is 1.20. The zero-order valence-corrected chi connectivity index (χ0v) is 19.1. The minimum atomic E-state index is -1.20. The van der Waals surface area contributed by atoms with Gasteiger partial charge in [0.05, 0.1) is 19.0 Å². The van der Waals surface area contributed by atoms with Crippen LogP contribution < -0.4 is 26.6 Å². The highest BCUT2D eigenvalue weighted by Gasteiger charge is 2.23. The third-order valence-corrected chi connectivity index (χ3v) is 5.32. The molecule has 0 bridgehead atoms. The molecule has 1 unspecified atom stereocenters. The van der Waals surface area contributed by atoms with E-state index in [1.165, 1.54) is 30.3 Å². The van der Waals surface area contributed by atoms with Crippen LogP contribution in [0.2, 0.25) is 5.02 Å². The Bertz CT molecular complexity index is 1090. The van der Waals surface area contributed by atoms with Crippen LogP contribution in [0.3, 0.4) is 0 Å². The Balaban J connectivity index is 1.65. The number of carboxylic acid groups (broad SMARTS) is 1. The Kier molecular flexibility index (Phi) is 8.16. The predicted octanol–water partition coefficient (Wildman–Crippen LogP) is 1.01. The minimum absolute atomic E-state index is 0.124. The van der Waals surface area contributed by atoms with E-state index in [-0.39, 0.29) is 33.9 Å². The maximum Gasteiger partial charge on any atom is 0.305 e. The quantitative estimate of drug-likeness (QED) is 0.255. The van der Waals surface area contributed by atoms with Crippen molar-refractivity contribution in [3.05, 3.63) is 52.0 Å². The number of hydrogen-bond acceptors (Lipinski definition) is 8. The summed E-state index contributed by atoms with van der Waals surface area (Å²) in [5.74, 6) is -2.79. The Morgan fingerprint density at radius 1 is 1.12 bits per heavy atom. The van der Waals surface area contributed by atoms with E-state index in [4.69, 9.17) is 11.6 Å². The van der Waals surface area contributed by atoms with E-state index in [2.05, 4.69) is 26.6 Å². The molecule has 0 aromatic heterocycles. The Labute approximate surface area is 200 Å². The lowest BCUT2D eigenvalue weighted by Gasteiger charge is -2.20. The molecule has 0 saturated carbocycles. The molecule has 2 aromatic carbocycles. The van der Waals surface area contributed by atoms with Crippen LogP contribution in [0.15, 0.2) is 30.3 Å². The van der Waals surface area contributed by atoms with Crippen LogP contribution in [0.1, 0.15) is 33.9 Å². The molecule has 2 amide bonds. The summed E-state index contributed by atoms with van der Waals surface area (Å²) in [5, 5.41) is 44.1. The summed E-state index contributed by atoms with van der Waals surface area (Å²) in [6.45, 7) is 2.68. The highest BCUT2D eigenvalue weighted by Crippen LogP contribution is 2.32. The van der Waals surface area contributed by atoms with Gasteiger partial charge in [-0.2, -0.15) is 0 Å². The van der Waals surface area contributed by atoms with Crippen LogP contribution >= 0.6 is 11.6 Å². The SMILES string of the molecule is Cc1cc(Cl)cc(C(CC(=O)O)NC(=O)CNC(=O)c2cc(O)cc(NC3NCCN3)c2)c1O. The number of aromatic hydroxyl groups is 2. The normalized spacial score (nSPS) is 14.4. The number of halogens is 1. The molecule has 0 aliphatic carbocycles. The van der Waals surface area contributed by atoms with E-state index >= 15 is 0 Å². The third-order valence-electron chi connectivity index (χ3n) is 5.11. The van der Waals surface area contributed by atoms with Gasteiger partial charge < -0.3 is 31.3 Å². The first-order valence-electron chi connectivity index (χ1n) is 10.5. The second-order valence-electron chi connectivity index (χ2n) is 7.82. The van der Waals surface area contributed by atoms with Crippen molar-refractivity contribution in [2.75, 3.05) is 25.0 Å². The number of rotatable bonds is 9. The minimum Gasteiger partial charge on any atom is -0.508 e. The molecule has 1 fully saturated rings. The number of phenolic OH excluding ortho intramolecular Hbond substituents is 2. The van der Waals surface area contributed by atoms with E-state index in [0.29, 0.717) is 11.3 Å². The number of amides is 2. The number of hydrogen-bond donors (Lipinski definition) is 8. The van der Waals surface area contributed by atoms with Crippen molar-refractivity contribution >= 4 is 35.1 Å². The maximum atomic E-state index is 12.6. The topological polar surface area (TPSA) is 172 Å². The zero-order chi connectivity index (χ0) is 24.8. The molecule has 1 heterocycles. The molecule has 1 aliphatic heterocycles. The van der Waals surface area contributed by atoms with E-state index < -0.39 is 36.8 Å². The number of nitrogens with one attached hydrogen (secondary N) is 5. The van der Waals surface area contributed by atoms with Gasteiger partial charge in [-0.05, 0) is 36.8 Å². The fourth-order valence-corrected chi connectivity index (χ4v) is 3.83. The van der Waals surface area contributed by atoms with Gasteiger partial charge in [-0.15, -0.1) is 0 Å². The summed E-state index contributed by atoms with van der Waals surface area (Å²) in [6, 6.07) is 6.06. The number of carbonyl (C=O) groups is 3. The predicted molar refractivity (Wildman–Crippen MR) is 125 cm³/mol. The van der Waals surface area contributed by atoms with Crippen molar-refractivity contribution < 1.29 is 29.7 Å². The molecule has 182 valence electrons. The van der Waals surface area contributed by atoms with Crippen LogP contribution in [0.25, 0.3) is 0 Å². The number of anilines is 1. The highest BCUT2D eigenvalue weighted by molar-refractivity contribution is 6.30. The lowest BCUT2D eigenvalue weighted by Crippen LogP contribution is -2.39. The fourth-order valence-electron chi connectivity index (χ4n) is 3.55. The van der Waals surface area contributed by atoms with Crippen molar-refractivity contribution in [2.45, 2.75) is 25.7 Å². The van der Waals surface area contributed by atoms with Crippen molar-refractivity contribution in [2.24, 2.45) is 0 Å². The Hall–Kier alpha value is -3.54. The molecule has 3 rings (SSSR count). The number of carbonyl (C=O) groups excluding carboxylic acids is 2. The van der Waals surface area contributed by atoms with Gasteiger partial charge in [0.25, 0.3) is 5.91 Å². The largest absolute Gasteiger partial charge is 0.508 e. The number of aliphatic carboxylic acids is 1. The molecule has 11 nitrogen and oxygen atoms in total. The van der Waals surface area contributed by atoms with E-state index in [1.54, 1.807) is 6.92 Å². The monoisotopic (exact) mass is 491 g/mol. The van der Waals surface area contributed by atoms with E-state index in [1.807, 2.05) is 0 Å². The van der Waals surface area contributed by atoms with Crippen molar-refractivity contribution in [3.8, 4) is 11.5 Å². The van der Waals surface area contributed by atoms with Crippen molar-refractivity contribution in [3.63, 3.8) is 0 Å². The van der Waals surface area contributed by atoms with Gasteiger partial charge in [0.1, 0.15) is 17.8 Å². The molecule has 1 atom stereocenters. The summed E-state index contributed by atoms with van der Waals surface area (Å²) >= 11 is 6.03. The molecule has 0 spiro atoms. The lowest BCUT2D eigenvalue weighted by atomic mass is 10.00. The third kappa shape index (κ3) is 6.73. The van der Waals surface area contributed by atoms with Crippen LogP contribution in [0, 0.1) is 6.92 Å². The average Bonchev–Trinajstić information content (AvgIpc) is 3.26. The Morgan fingerprint density at radius 2 is 1.82 bits per heavy atom. The molecule has 1 saturated heterocycles. The maximum absolute atomic E-state index is 12.6. The van der Waals surface area contributed by atoms with E-state index in [0.717, 1.165) is 13.1 Å².